The van der Waals surface area contributed by atoms with Crippen molar-refractivity contribution in [1.29, 1.82) is 0 Å². The lowest BCUT2D eigenvalue weighted by Gasteiger charge is -2.34. The second kappa shape index (κ2) is 6.71. The number of pyridine rings is 1. The van der Waals surface area contributed by atoms with Crippen molar-refractivity contribution in [2.24, 2.45) is 0 Å². The number of piperazine rings is 1. The second-order valence-corrected chi connectivity index (χ2v) is 4.97. The van der Waals surface area contributed by atoms with Crippen molar-refractivity contribution in [3.8, 4) is 0 Å². The van der Waals surface area contributed by atoms with Crippen LogP contribution in [0.1, 0.15) is 19.0 Å². The summed E-state index contributed by atoms with van der Waals surface area (Å²) in [6.07, 6.45) is 3.09. The molecule has 4 nitrogen and oxygen atoms in total. The van der Waals surface area contributed by atoms with Crippen LogP contribution >= 0.6 is 0 Å². The maximum Gasteiger partial charge on any atom is 0.0562 e. The zero-order valence-electron chi connectivity index (χ0n) is 11.5. The largest absolute Gasteiger partial charge is 0.369 e. The molecule has 0 spiro atoms. The third-order valence-corrected chi connectivity index (χ3v) is 3.40. The normalized spacial score (nSPS) is 17.1. The molecule has 1 aliphatic rings. The van der Waals surface area contributed by atoms with E-state index in [-0.39, 0.29) is 0 Å². The van der Waals surface area contributed by atoms with E-state index in [0.29, 0.717) is 0 Å². The number of anilines is 1. The molecular weight excluding hydrogens is 224 g/mol. The van der Waals surface area contributed by atoms with E-state index >= 15 is 0 Å². The quantitative estimate of drug-likeness (QED) is 0.797. The van der Waals surface area contributed by atoms with E-state index in [9.17, 15) is 0 Å². The Hall–Kier alpha value is -1.13. The Labute approximate surface area is 110 Å². The van der Waals surface area contributed by atoms with Gasteiger partial charge in [0.05, 0.1) is 5.69 Å². The van der Waals surface area contributed by atoms with Crippen LogP contribution in [0, 0.1) is 0 Å². The average Bonchev–Trinajstić information content (AvgIpc) is 2.40. The zero-order valence-corrected chi connectivity index (χ0v) is 11.5. The molecule has 2 heterocycles. The van der Waals surface area contributed by atoms with Gasteiger partial charge in [0, 0.05) is 44.6 Å². The van der Waals surface area contributed by atoms with Gasteiger partial charge in [0.15, 0.2) is 0 Å². The van der Waals surface area contributed by atoms with Gasteiger partial charge in [0.25, 0.3) is 0 Å². The van der Waals surface area contributed by atoms with Gasteiger partial charge in [-0.25, -0.2) is 0 Å². The zero-order chi connectivity index (χ0) is 12.8. The lowest BCUT2D eigenvalue weighted by atomic mass is 10.2. The minimum Gasteiger partial charge on any atom is -0.369 e. The van der Waals surface area contributed by atoms with Crippen LogP contribution in [0.2, 0.25) is 0 Å². The van der Waals surface area contributed by atoms with Crippen LogP contribution in [0.3, 0.4) is 0 Å². The predicted molar refractivity (Wildman–Crippen MR) is 75.9 cm³/mol. The Morgan fingerprint density at radius 1 is 1.28 bits per heavy atom. The average molecular weight is 248 g/mol. The fraction of sp³-hybridized carbons (Fsp3) is 0.643. The van der Waals surface area contributed by atoms with Gasteiger partial charge >= 0.3 is 0 Å². The van der Waals surface area contributed by atoms with Gasteiger partial charge in [-0.3, -0.25) is 4.98 Å². The van der Waals surface area contributed by atoms with E-state index in [4.69, 9.17) is 0 Å². The maximum absolute atomic E-state index is 4.42. The van der Waals surface area contributed by atoms with Crippen LogP contribution in [0.15, 0.2) is 18.3 Å². The molecule has 4 heteroatoms. The van der Waals surface area contributed by atoms with Gasteiger partial charge in [0.2, 0.25) is 0 Å². The van der Waals surface area contributed by atoms with E-state index in [2.05, 4.69) is 46.2 Å². The Kier molecular flexibility index (Phi) is 4.96. The monoisotopic (exact) mass is 248 g/mol. The summed E-state index contributed by atoms with van der Waals surface area (Å²) in [5.74, 6) is 0. The molecule has 2 rings (SSSR count). The molecule has 0 amide bonds. The van der Waals surface area contributed by atoms with Gasteiger partial charge in [-0.05, 0) is 32.1 Å². The van der Waals surface area contributed by atoms with E-state index in [1.165, 1.54) is 5.69 Å². The Morgan fingerprint density at radius 3 is 2.78 bits per heavy atom. The van der Waals surface area contributed by atoms with E-state index in [1.54, 1.807) is 0 Å². The third-order valence-electron chi connectivity index (χ3n) is 3.40. The molecule has 1 aromatic rings. The standard InChI is InChI=1S/C14H24N4/c1-3-5-15-12-13-11-14(4-6-16-13)18-9-7-17(2)8-10-18/h4,6,11,15H,3,5,7-10,12H2,1-2H3. The van der Waals surface area contributed by atoms with Crippen LogP contribution in [-0.2, 0) is 6.54 Å². The summed E-state index contributed by atoms with van der Waals surface area (Å²) in [4.78, 5) is 9.25. The van der Waals surface area contributed by atoms with Crippen LogP contribution < -0.4 is 10.2 Å². The van der Waals surface area contributed by atoms with Crippen LogP contribution in [-0.4, -0.2) is 49.7 Å². The minimum absolute atomic E-state index is 0.870. The fourth-order valence-electron chi connectivity index (χ4n) is 2.22. The molecule has 0 saturated carbocycles. The smallest absolute Gasteiger partial charge is 0.0562 e. The lowest BCUT2D eigenvalue weighted by Crippen LogP contribution is -2.44. The van der Waals surface area contributed by atoms with Crippen molar-refractivity contribution < 1.29 is 0 Å². The second-order valence-electron chi connectivity index (χ2n) is 4.97. The minimum atomic E-state index is 0.870. The Bertz CT molecular complexity index is 359. The van der Waals surface area contributed by atoms with Crippen LogP contribution in [0.4, 0.5) is 5.69 Å². The summed E-state index contributed by atoms with van der Waals surface area (Å²) in [6, 6.07) is 4.34. The fourth-order valence-corrected chi connectivity index (χ4v) is 2.22. The maximum atomic E-state index is 4.42. The summed E-state index contributed by atoms with van der Waals surface area (Å²) in [7, 11) is 2.18. The number of nitrogens with zero attached hydrogens (tertiary/aromatic N) is 3. The number of rotatable bonds is 5. The Morgan fingerprint density at radius 2 is 2.06 bits per heavy atom. The molecular formula is C14H24N4. The molecule has 1 aromatic heterocycles. The topological polar surface area (TPSA) is 31.4 Å². The van der Waals surface area contributed by atoms with Gasteiger partial charge in [-0.15, -0.1) is 0 Å². The first kappa shape index (κ1) is 13.3. The van der Waals surface area contributed by atoms with Crippen LogP contribution in [0.25, 0.3) is 0 Å². The molecule has 18 heavy (non-hydrogen) atoms. The SMILES string of the molecule is CCCNCc1cc(N2CCN(C)CC2)ccn1. The van der Waals surface area contributed by atoms with Gasteiger partial charge < -0.3 is 15.1 Å². The number of likely N-dealkylation sites (N-methyl/N-ethyl adjacent to an activating group) is 1. The number of hydrogen-bond donors (Lipinski definition) is 1. The summed E-state index contributed by atoms with van der Waals surface area (Å²) in [5, 5.41) is 3.40. The van der Waals surface area contributed by atoms with E-state index < -0.39 is 0 Å². The summed E-state index contributed by atoms with van der Waals surface area (Å²) in [5.41, 5.74) is 2.45. The van der Waals surface area contributed by atoms with Crippen molar-refractivity contribution in [3.63, 3.8) is 0 Å². The van der Waals surface area contributed by atoms with Gasteiger partial charge in [0.1, 0.15) is 0 Å². The number of nitrogens with one attached hydrogen (secondary N) is 1. The molecule has 1 N–H and O–H groups in total. The summed E-state index contributed by atoms with van der Waals surface area (Å²) in [6.45, 7) is 8.62. The molecule has 0 aliphatic carbocycles. The highest BCUT2D eigenvalue weighted by atomic mass is 15.2. The first-order valence-corrected chi connectivity index (χ1v) is 6.88. The van der Waals surface area contributed by atoms with Crippen molar-refractivity contribution in [2.45, 2.75) is 19.9 Å². The highest BCUT2D eigenvalue weighted by Crippen LogP contribution is 2.16. The first-order valence-electron chi connectivity index (χ1n) is 6.88. The molecule has 100 valence electrons. The lowest BCUT2D eigenvalue weighted by molar-refractivity contribution is 0.313. The highest BCUT2D eigenvalue weighted by Gasteiger charge is 2.14. The number of aromatic nitrogens is 1. The molecule has 1 aliphatic heterocycles. The third kappa shape index (κ3) is 3.68. The van der Waals surface area contributed by atoms with Crippen LogP contribution in [0.5, 0.6) is 0 Å². The molecule has 0 atom stereocenters. The molecule has 0 unspecified atom stereocenters. The Balaban J connectivity index is 1.94. The summed E-state index contributed by atoms with van der Waals surface area (Å²) >= 11 is 0. The van der Waals surface area contributed by atoms with Crippen molar-refractivity contribution >= 4 is 5.69 Å². The number of hydrogen-bond acceptors (Lipinski definition) is 4. The van der Waals surface area contributed by atoms with E-state index in [1.807, 2.05) is 6.20 Å². The van der Waals surface area contributed by atoms with Crippen molar-refractivity contribution in [3.05, 3.63) is 24.0 Å². The van der Waals surface area contributed by atoms with Gasteiger partial charge in [-0.2, -0.15) is 0 Å². The molecule has 0 radical (unpaired) electrons. The summed E-state index contributed by atoms with van der Waals surface area (Å²) < 4.78 is 0. The molecule has 0 aromatic carbocycles. The highest BCUT2D eigenvalue weighted by molar-refractivity contribution is 5.47. The van der Waals surface area contributed by atoms with E-state index in [0.717, 1.165) is 51.4 Å². The molecule has 1 saturated heterocycles. The molecule has 0 bridgehead atoms. The predicted octanol–water partition coefficient (Wildman–Crippen LogP) is 1.33. The first-order chi connectivity index (χ1) is 8.79. The van der Waals surface area contributed by atoms with Crippen molar-refractivity contribution in [1.82, 2.24) is 15.2 Å². The van der Waals surface area contributed by atoms with Crippen molar-refractivity contribution in [2.75, 3.05) is 44.7 Å². The molecule has 1 fully saturated rings. The van der Waals surface area contributed by atoms with Gasteiger partial charge in [-0.1, -0.05) is 6.92 Å².